The number of nitrogens with one attached hydrogen (secondary N) is 1. The number of carbonyl (C=O) groups is 1. The fourth-order valence-electron chi connectivity index (χ4n) is 1.34. The molecule has 1 atom stereocenters. The number of hydrogen-bond acceptors (Lipinski definition) is 5. The fourth-order valence-corrected chi connectivity index (χ4v) is 2.09. The van der Waals surface area contributed by atoms with Crippen molar-refractivity contribution < 1.29 is 18.7 Å². The molecule has 1 heterocycles. The normalized spacial score (nSPS) is 12.2. The SMILES string of the molecule is NC(C(=O)O)c1csc(Nc2c(F)cccc2F)n1. The first-order chi connectivity index (χ1) is 8.99. The van der Waals surface area contributed by atoms with Crippen LogP contribution in [-0.4, -0.2) is 16.1 Å². The summed E-state index contributed by atoms with van der Waals surface area (Å²) in [6, 6.07) is 2.17. The number of carboxylic acid groups (broad SMARTS) is 1. The van der Waals surface area contributed by atoms with Gasteiger partial charge in [-0.25, -0.2) is 13.8 Å². The van der Waals surface area contributed by atoms with Crippen LogP contribution in [0, 0.1) is 11.6 Å². The minimum absolute atomic E-state index is 0.122. The average Bonchev–Trinajstić information content (AvgIpc) is 2.81. The molecule has 0 amide bonds. The third kappa shape index (κ3) is 2.85. The van der Waals surface area contributed by atoms with E-state index >= 15 is 0 Å². The Labute approximate surface area is 110 Å². The first-order valence-corrected chi connectivity index (χ1v) is 6.02. The van der Waals surface area contributed by atoms with Crippen LogP contribution in [0.25, 0.3) is 0 Å². The number of para-hydroxylation sites is 1. The van der Waals surface area contributed by atoms with Crippen LogP contribution in [0.2, 0.25) is 0 Å². The molecule has 0 saturated carbocycles. The molecule has 100 valence electrons. The Morgan fingerprint density at radius 3 is 2.63 bits per heavy atom. The van der Waals surface area contributed by atoms with Gasteiger partial charge < -0.3 is 16.2 Å². The third-order valence-electron chi connectivity index (χ3n) is 2.30. The largest absolute Gasteiger partial charge is 0.480 e. The molecule has 1 aromatic carbocycles. The number of aliphatic carboxylic acids is 1. The topological polar surface area (TPSA) is 88.2 Å². The van der Waals surface area contributed by atoms with Gasteiger partial charge in [-0.05, 0) is 12.1 Å². The Bertz CT molecular complexity index is 597. The van der Waals surface area contributed by atoms with E-state index in [1.807, 2.05) is 0 Å². The Kier molecular flexibility index (Phi) is 3.72. The lowest BCUT2D eigenvalue weighted by molar-refractivity contribution is -0.138. The van der Waals surface area contributed by atoms with Gasteiger partial charge in [0.15, 0.2) is 5.13 Å². The second-order valence-electron chi connectivity index (χ2n) is 3.62. The highest BCUT2D eigenvalue weighted by Crippen LogP contribution is 2.26. The lowest BCUT2D eigenvalue weighted by atomic mass is 10.2. The van der Waals surface area contributed by atoms with E-state index in [9.17, 15) is 13.6 Å². The summed E-state index contributed by atoms with van der Waals surface area (Å²) in [7, 11) is 0. The molecule has 4 N–H and O–H groups in total. The zero-order valence-corrected chi connectivity index (χ0v) is 10.2. The first kappa shape index (κ1) is 13.4. The van der Waals surface area contributed by atoms with E-state index < -0.39 is 23.6 Å². The number of aromatic nitrogens is 1. The molecule has 5 nitrogen and oxygen atoms in total. The summed E-state index contributed by atoms with van der Waals surface area (Å²) in [5.74, 6) is -2.76. The Morgan fingerprint density at radius 2 is 2.05 bits per heavy atom. The maximum absolute atomic E-state index is 13.4. The first-order valence-electron chi connectivity index (χ1n) is 5.14. The monoisotopic (exact) mass is 285 g/mol. The summed E-state index contributed by atoms with van der Waals surface area (Å²) in [5.41, 5.74) is 5.15. The van der Waals surface area contributed by atoms with E-state index in [0.717, 1.165) is 23.5 Å². The van der Waals surface area contributed by atoms with Crippen molar-refractivity contribution in [2.45, 2.75) is 6.04 Å². The van der Waals surface area contributed by atoms with Crippen molar-refractivity contribution in [3.63, 3.8) is 0 Å². The van der Waals surface area contributed by atoms with Crippen molar-refractivity contribution in [2.75, 3.05) is 5.32 Å². The standard InChI is InChI=1S/C11H9F2N3O2S/c12-5-2-1-3-6(13)9(5)16-11-15-7(4-19-11)8(14)10(17)18/h1-4,8H,14H2,(H,15,16)(H,17,18). The van der Waals surface area contributed by atoms with Crippen molar-refractivity contribution in [3.05, 3.63) is 40.9 Å². The number of nitrogens with zero attached hydrogens (tertiary/aromatic N) is 1. The molecular weight excluding hydrogens is 276 g/mol. The lowest BCUT2D eigenvalue weighted by Gasteiger charge is -2.05. The lowest BCUT2D eigenvalue weighted by Crippen LogP contribution is -2.20. The van der Waals surface area contributed by atoms with Crippen LogP contribution >= 0.6 is 11.3 Å². The van der Waals surface area contributed by atoms with E-state index in [4.69, 9.17) is 10.8 Å². The maximum Gasteiger partial charge on any atom is 0.326 e. The van der Waals surface area contributed by atoms with Gasteiger partial charge in [-0.3, -0.25) is 4.79 Å². The quantitative estimate of drug-likeness (QED) is 0.802. The molecule has 19 heavy (non-hydrogen) atoms. The minimum atomic E-state index is -1.27. The zero-order valence-electron chi connectivity index (χ0n) is 9.43. The van der Waals surface area contributed by atoms with Crippen molar-refractivity contribution >= 4 is 28.1 Å². The van der Waals surface area contributed by atoms with Crippen LogP contribution in [-0.2, 0) is 4.79 Å². The predicted molar refractivity (Wildman–Crippen MR) is 66.3 cm³/mol. The number of hydrogen-bond donors (Lipinski definition) is 3. The molecule has 0 saturated heterocycles. The Balaban J connectivity index is 2.23. The van der Waals surface area contributed by atoms with Gasteiger partial charge in [-0.2, -0.15) is 0 Å². The molecule has 1 aromatic heterocycles. The van der Waals surface area contributed by atoms with Gasteiger partial charge in [0.1, 0.15) is 23.4 Å². The summed E-state index contributed by atoms with van der Waals surface area (Å²) in [4.78, 5) is 14.6. The number of carboxylic acids is 1. The van der Waals surface area contributed by atoms with Gasteiger partial charge in [0.05, 0.1) is 5.69 Å². The molecular formula is C11H9F2N3O2S. The van der Waals surface area contributed by atoms with Crippen LogP contribution in [0.4, 0.5) is 19.6 Å². The summed E-state index contributed by atoms with van der Waals surface area (Å²) < 4.78 is 26.8. The van der Waals surface area contributed by atoms with Crippen molar-refractivity contribution in [2.24, 2.45) is 5.73 Å². The van der Waals surface area contributed by atoms with Crippen LogP contribution < -0.4 is 11.1 Å². The van der Waals surface area contributed by atoms with E-state index in [1.54, 1.807) is 0 Å². The zero-order chi connectivity index (χ0) is 14.0. The molecule has 0 aliphatic rings. The van der Waals surface area contributed by atoms with Gasteiger partial charge in [0.25, 0.3) is 0 Å². The van der Waals surface area contributed by atoms with Gasteiger partial charge in [-0.1, -0.05) is 6.07 Å². The van der Waals surface area contributed by atoms with Crippen molar-refractivity contribution in [3.8, 4) is 0 Å². The fraction of sp³-hybridized carbons (Fsp3) is 0.0909. The highest BCUT2D eigenvalue weighted by atomic mass is 32.1. The van der Waals surface area contributed by atoms with Gasteiger partial charge >= 0.3 is 5.97 Å². The molecule has 0 spiro atoms. The highest BCUT2D eigenvalue weighted by Gasteiger charge is 2.18. The predicted octanol–water partition coefficient (Wildman–Crippen LogP) is 2.25. The number of thiazole rings is 1. The molecule has 2 aromatic rings. The van der Waals surface area contributed by atoms with E-state index in [1.165, 1.54) is 11.4 Å². The van der Waals surface area contributed by atoms with Crippen molar-refractivity contribution in [1.29, 1.82) is 0 Å². The number of benzene rings is 1. The highest BCUT2D eigenvalue weighted by molar-refractivity contribution is 7.13. The Morgan fingerprint density at radius 1 is 1.42 bits per heavy atom. The maximum atomic E-state index is 13.4. The van der Waals surface area contributed by atoms with Crippen LogP contribution in [0.5, 0.6) is 0 Å². The number of anilines is 2. The van der Waals surface area contributed by atoms with Gasteiger partial charge in [0, 0.05) is 5.38 Å². The molecule has 0 radical (unpaired) electrons. The van der Waals surface area contributed by atoms with Crippen molar-refractivity contribution in [1.82, 2.24) is 4.98 Å². The van der Waals surface area contributed by atoms with E-state index in [-0.39, 0.29) is 16.5 Å². The molecule has 0 bridgehead atoms. The molecule has 0 aliphatic carbocycles. The smallest absolute Gasteiger partial charge is 0.326 e. The van der Waals surface area contributed by atoms with Crippen LogP contribution in [0.1, 0.15) is 11.7 Å². The summed E-state index contributed by atoms with van der Waals surface area (Å²) >= 11 is 1.01. The molecule has 8 heteroatoms. The van der Waals surface area contributed by atoms with Crippen LogP contribution in [0.3, 0.4) is 0 Å². The molecule has 0 aliphatic heterocycles. The van der Waals surface area contributed by atoms with Crippen LogP contribution in [0.15, 0.2) is 23.6 Å². The summed E-state index contributed by atoms with van der Waals surface area (Å²) in [5, 5.41) is 12.8. The number of nitrogens with two attached hydrogens (primary N) is 1. The third-order valence-corrected chi connectivity index (χ3v) is 3.08. The average molecular weight is 285 g/mol. The van der Waals surface area contributed by atoms with Gasteiger partial charge in [-0.15, -0.1) is 11.3 Å². The number of halogens is 2. The second kappa shape index (κ2) is 5.29. The Hall–Kier alpha value is -2.06. The minimum Gasteiger partial charge on any atom is -0.480 e. The number of rotatable bonds is 4. The van der Waals surface area contributed by atoms with E-state index in [0.29, 0.717) is 0 Å². The van der Waals surface area contributed by atoms with Gasteiger partial charge in [0.2, 0.25) is 0 Å². The summed E-state index contributed by atoms with van der Waals surface area (Å²) in [6.45, 7) is 0. The molecule has 1 unspecified atom stereocenters. The van der Waals surface area contributed by atoms with E-state index in [2.05, 4.69) is 10.3 Å². The molecule has 0 fully saturated rings. The molecule has 2 rings (SSSR count). The summed E-state index contributed by atoms with van der Waals surface area (Å²) in [6.07, 6.45) is 0. The second-order valence-corrected chi connectivity index (χ2v) is 4.47.